The molecule has 0 radical (unpaired) electrons. The average Bonchev–Trinajstić information content (AvgIpc) is 3.11. The predicted molar refractivity (Wildman–Crippen MR) is 209 cm³/mol. The summed E-state index contributed by atoms with van der Waals surface area (Å²) in [5.41, 5.74) is 5.52. The molecule has 54 heavy (non-hydrogen) atoms. The summed E-state index contributed by atoms with van der Waals surface area (Å²) in [6.45, 7) is 8.76. The first-order valence-corrected chi connectivity index (χ1v) is 18.2. The highest BCUT2D eigenvalue weighted by Gasteiger charge is 2.27. The number of hydrogen-bond donors (Lipinski definition) is 3. The molecule has 9 heteroatoms. The number of Topliss-reactive ketones (excluding diaryl/α,β-unsaturated/α-hetero) is 1. The number of carbonyl (C=O) groups excluding carboxylic acids is 2. The van der Waals surface area contributed by atoms with Crippen molar-refractivity contribution >= 4 is 29.7 Å². The van der Waals surface area contributed by atoms with E-state index in [1.807, 2.05) is 116 Å². The average molecular weight is 737 g/mol. The molecule has 3 N–H and O–H groups in total. The molecule has 4 aromatic rings. The van der Waals surface area contributed by atoms with E-state index >= 15 is 0 Å². The maximum atomic E-state index is 12.7. The minimum atomic E-state index is -1.00. The number of esters is 1. The monoisotopic (exact) mass is 736 g/mol. The summed E-state index contributed by atoms with van der Waals surface area (Å²) in [6, 6.07) is 35.5. The molecule has 0 aliphatic rings. The number of carbonyl (C=O) groups is 5. The minimum absolute atomic E-state index is 0.106. The van der Waals surface area contributed by atoms with Crippen molar-refractivity contribution in [3.8, 4) is 22.3 Å². The zero-order chi connectivity index (χ0) is 39.8. The van der Waals surface area contributed by atoms with E-state index in [9.17, 15) is 34.2 Å². The van der Waals surface area contributed by atoms with Gasteiger partial charge in [-0.1, -0.05) is 123 Å². The van der Waals surface area contributed by atoms with Crippen molar-refractivity contribution in [2.75, 3.05) is 0 Å². The lowest BCUT2D eigenvalue weighted by molar-refractivity contribution is -0.159. The third kappa shape index (κ3) is 15.2. The highest BCUT2D eigenvalue weighted by Crippen LogP contribution is 2.25. The summed E-state index contributed by atoms with van der Waals surface area (Å²) in [4.78, 5) is 58.4. The molecule has 4 rings (SSSR count). The lowest BCUT2D eigenvalue weighted by Crippen LogP contribution is -2.28. The molecule has 4 aromatic carbocycles. The topological polar surface area (TPSA) is 155 Å². The maximum absolute atomic E-state index is 12.7. The van der Waals surface area contributed by atoms with Crippen molar-refractivity contribution in [1.82, 2.24) is 0 Å². The molecule has 0 spiro atoms. The number of hydrogen-bond acceptors (Lipinski definition) is 6. The second-order valence-electron chi connectivity index (χ2n) is 14.9. The fraction of sp³-hybridized carbons (Fsp3) is 0.356. The lowest BCUT2D eigenvalue weighted by atomic mass is 9.85. The number of ketones is 1. The van der Waals surface area contributed by atoms with Gasteiger partial charge in [-0.2, -0.15) is 0 Å². The molecule has 0 aliphatic carbocycles. The van der Waals surface area contributed by atoms with Gasteiger partial charge >= 0.3 is 23.9 Å². The summed E-state index contributed by atoms with van der Waals surface area (Å²) >= 11 is 0. The van der Waals surface area contributed by atoms with Crippen LogP contribution in [0.15, 0.2) is 109 Å². The standard InChI is InChI=1S/C24H28O5.C21H24O4/c1-16(12-17(2)24(28)29)13-22(25)21(15-23(26)27)14-18-8-10-20(11-9-18)19-6-4-3-5-7-19;1-21(2,3)25-19(22)14-18(20(23)24)13-15-9-11-17(12-10-15)16-7-5-4-6-8-16/h3-11,16-17,21H,12-15H2,1-2H3,(H,26,27)(H,28,29);4-12,18H,13-14H2,1-3H3,(H,23,24)/t16-,17?,21?;/m1./s1. The first-order valence-electron chi connectivity index (χ1n) is 18.2. The molecule has 0 amide bonds. The van der Waals surface area contributed by atoms with Gasteiger partial charge in [-0.25, -0.2) is 0 Å². The first kappa shape index (κ1) is 42.8. The van der Waals surface area contributed by atoms with Gasteiger partial charge in [0, 0.05) is 12.3 Å². The van der Waals surface area contributed by atoms with Crippen molar-refractivity contribution in [3.63, 3.8) is 0 Å². The molecule has 9 nitrogen and oxygen atoms in total. The Hall–Kier alpha value is -5.57. The third-order valence-corrected chi connectivity index (χ3v) is 8.87. The van der Waals surface area contributed by atoms with Gasteiger partial charge in [0.05, 0.1) is 24.7 Å². The smallest absolute Gasteiger partial charge is 0.307 e. The van der Waals surface area contributed by atoms with Crippen LogP contribution in [0.25, 0.3) is 22.3 Å². The lowest BCUT2D eigenvalue weighted by Gasteiger charge is -2.21. The molecule has 286 valence electrons. The van der Waals surface area contributed by atoms with Crippen LogP contribution in [0.4, 0.5) is 0 Å². The number of carboxylic acids is 3. The fourth-order valence-electron chi connectivity index (χ4n) is 6.14. The van der Waals surface area contributed by atoms with E-state index in [1.165, 1.54) is 0 Å². The molecule has 0 aromatic heterocycles. The van der Waals surface area contributed by atoms with Crippen LogP contribution >= 0.6 is 0 Å². The van der Waals surface area contributed by atoms with E-state index in [0.717, 1.165) is 33.4 Å². The van der Waals surface area contributed by atoms with Gasteiger partial charge in [0.25, 0.3) is 0 Å². The van der Waals surface area contributed by atoms with Gasteiger partial charge in [0.2, 0.25) is 0 Å². The molecule has 3 unspecified atom stereocenters. The van der Waals surface area contributed by atoms with Crippen LogP contribution < -0.4 is 0 Å². The SMILES string of the molecule is CC(C)(C)OC(=O)CC(Cc1ccc(-c2ccccc2)cc1)C(=O)O.CC(C[C@@H](C)CC(=O)C(CC(=O)O)Cc1ccc(-c2ccccc2)cc1)C(=O)O. The van der Waals surface area contributed by atoms with Crippen LogP contribution in [-0.2, 0) is 41.6 Å². The van der Waals surface area contributed by atoms with E-state index in [0.29, 0.717) is 19.3 Å². The van der Waals surface area contributed by atoms with Crippen LogP contribution in [-0.4, -0.2) is 50.6 Å². The Bertz CT molecular complexity index is 1810. The van der Waals surface area contributed by atoms with E-state index < -0.39 is 47.2 Å². The summed E-state index contributed by atoms with van der Waals surface area (Å²) in [7, 11) is 0. The Balaban J connectivity index is 0.000000294. The normalized spacial score (nSPS) is 13.3. The Labute approximate surface area is 318 Å². The van der Waals surface area contributed by atoms with Gasteiger partial charge in [-0.15, -0.1) is 0 Å². The molecular formula is C45H52O9. The predicted octanol–water partition coefficient (Wildman–Crippen LogP) is 9.02. The van der Waals surface area contributed by atoms with Gasteiger partial charge in [-0.05, 0) is 79.3 Å². The Morgan fingerprint density at radius 1 is 0.556 bits per heavy atom. The highest BCUT2D eigenvalue weighted by molar-refractivity contribution is 5.85. The fourth-order valence-corrected chi connectivity index (χ4v) is 6.14. The third-order valence-electron chi connectivity index (χ3n) is 8.87. The van der Waals surface area contributed by atoms with Crippen LogP contribution in [0, 0.1) is 23.7 Å². The van der Waals surface area contributed by atoms with Gasteiger partial charge in [-0.3, -0.25) is 24.0 Å². The largest absolute Gasteiger partial charge is 0.481 e. The van der Waals surface area contributed by atoms with E-state index in [2.05, 4.69) is 0 Å². The summed E-state index contributed by atoms with van der Waals surface area (Å²) in [5.74, 6) is -5.52. The van der Waals surface area contributed by atoms with Gasteiger partial charge in [0.1, 0.15) is 11.4 Å². The van der Waals surface area contributed by atoms with E-state index in [4.69, 9.17) is 9.84 Å². The van der Waals surface area contributed by atoms with Crippen molar-refractivity contribution in [1.29, 1.82) is 0 Å². The molecule has 0 bridgehead atoms. The zero-order valence-corrected chi connectivity index (χ0v) is 31.7. The molecule has 0 heterocycles. The second-order valence-corrected chi connectivity index (χ2v) is 14.9. The minimum Gasteiger partial charge on any atom is -0.481 e. The molecule has 0 aliphatic heterocycles. The quantitative estimate of drug-likeness (QED) is 0.0901. The number of rotatable bonds is 17. The summed E-state index contributed by atoms with van der Waals surface area (Å²) in [6.07, 6.45) is 0.892. The number of benzene rings is 4. The Kier molecular flexibility index (Phi) is 16.4. The summed E-state index contributed by atoms with van der Waals surface area (Å²) in [5, 5.41) is 27.7. The van der Waals surface area contributed by atoms with Crippen LogP contribution in [0.1, 0.15) is 71.4 Å². The Morgan fingerprint density at radius 3 is 1.37 bits per heavy atom. The molecule has 4 atom stereocenters. The zero-order valence-electron chi connectivity index (χ0n) is 31.7. The molecule has 0 saturated carbocycles. The van der Waals surface area contributed by atoms with Crippen molar-refractivity contribution in [2.45, 2.75) is 78.7 Å². The van der Waals surface area contributed by atoms with Crippen LogP contribution in [0.2, 0.25) is 0 Å². The van der Waals surface area contributed by atoms with Crippen molar-refractivity contribution in [2.24, 2.45) is 23.7 Å². The van der Waals surface area contributed by atoms with Gasteiger partial charge in [0.15, 0.2) is 0 Å². The van der Waals surface area contributed by atoms with Crippen molar-refractivity contribution < 1.29 is 44.0 Å². The van der Waals surface area contributed by atoms with E-state index in [1.54, 1.807) is 27.7 Å². The first-order chi connectivity index (χ1) is 25.5. The van der Waals surface area contributed by atoms with E-state index in [-0.39, 0.29) is 31.0 Å². The number of aliphatic carboxylic acids is 3. The van der Waals surface area contributed by atoms with Gasteiger partial charge < -0.3 is 20.1 Å². The van der Waals surface area contributed by atoms with Crippen LogP contribution in [0.3, 0.4) is 0 Å². The summed E-state index contributed by atoms with van der Waals surface area (Å²) < 4.78 is 5.23. The van der Waals surface area contributed by atoms with Crippen LogP contribution in [0.5, 0.6) is 0 Å². The number of ether oxygens (including phenoxy) is 1. The Morgan fingerprint density at radius 2 is 0.981 bits per heavy atom. The highest BCUT2D eigenvalue weighted by atomic mass is 16.6. The van der Waals surface area contributed by atoms with Crippen molar-refractivity contribution in [3.05, 3.63) is 120 Å². The molecule has 0 saturated heterocycles. The second kappa shape index (κ2) is 20.6. The molecule has 0 fully saturated rings. The molecular weight excluding hydrogens is 684 g/mol. The number of carboxylic acid groups (broad SMARTS) is 3. The maximum Gasteiger partial charge on any atom is 0.307 e.